The Bertz CT molecular complexity index is 299. The lowest BCUT2D eigenvalue weighted by Crippen LogP contribution is -2.13. The van der Waals surface area contributed by atoms with Crippen molar-refractivity contribution in [3.8, 4) is 0 Å². The molecular weight excluding hydrogens is 220 g/mol. The second-order valence-electron chi connectivity index (χ2n) is 3.85. The second kappa shape index (κ2) is 7.76. The van der Waals surface area contributed by atoms with Crippen LogP contribution in [0.5, 0.6) is 0 Å². The van der Waals surface area contributed by atoms with Crippen LogP contribution < -0.4 is 5.32 Å². The molecule has 1 aromatic rings. The molecule has 4 heteroatoms. The Morgan fingerprint density at radius 1 is 1.31 bits per heavy atom. The van der Waals surface area contributed by atoms with E-state index in [1.54, 1.807) is 11.3 Å². The third-order valence-electron chi connectivity index (χ3n) is 2.22. The summed E-state index contributed by atoms with van der Waals surface area (Å²) in [5.74, 6) is 0. The van der Waals surface area contributed by atoms with E-state index in [1.165, 1.54) is 11.3 Å². The molecule has 1 N–H and O–H groups in total. The predicted octanol–water partition coefficient (Wildman–Crippen LogP) is 2.88. The minimum Gasteiger partial charge on any atom is -0.374 e. The zero-order valence-electron chi connectivity index (χ0n) is 10.5. The summed E-state index contributed by atoms with van der Waals surface area (Å²) in [5.41, 5.74) is 1.14. The molecule has 92 valence electrons. The number of nitrogens with zero attached hydrogens (tertiary/aromatic N) is 1. The minimum atomic E-state index is 0.660. The Morgan fingerprint density at radius 3 is 2.81 bits per heavy atom. The number of aryl methyl sites for hydroxylation is 1. The molecule has 1 heterocycles. The maximum absolute atomic E-state index is 5.49. The number of hydrogen-bond donors (Lipinski definition) is 1. The third-order valence-corrected chi connectivity index (χ3v) is 3.35. The summed E-state index contributed by atoms with van der Waals surface area (Å²) in [7, 11) is 0. The quantitative estimate of drug-likeness (QED) is 0.712. The van der Waals surface area contributed by atoms with Gasteiger partial charge in [0.1, 0.15) is 5.01 Å². The van der Waals surface area contributed by atoms with Crippen molar-refractivity contribution in [1.29, 1.82) is 0 Å². The molecule has 0 fully saturated rings. The first-order valence-electron chi connectivity index (χ1n) is 6.01. The van der Waals surface area contributed by atoms with Gasteiger partial charge in [0, 0.05) is 18.0 Å². The lowest BCUT2D eigenvalue weighted by atomic mass is 10.4. The van der Waals surface area contributed by atoms with Crippen molar-refractivity contribution in [3.05, 3.63) is 15.6 Å². The Kier molecular flexibility index (Phi) is 6.61. The highest BCUT2D eigenvalue weighted by molar-refractivity contribution is 7.11. The molecule has 1 rings (SSSR count). The highest BCUT2D eigenvalue weighted by atomic mass is 32.1. The van der Waals surface area contributed by atoms with Crippen molar-refractivity contribution in [2.24, 2.45) is 0 Å². The van der Waals surface area contributed by atoms with Crippen LogP contribution in [0.3, 0.4) is 0 Å². The van der Waals surface area contributed by atoms with Crippen LogP contribution in [-0.2, 0) is 17.9 Å². The van der Waals surface area contributed by atoms with Crippen LogP contribution in [0.1, 0.15) is 42.3 Å². The van der Waals surface area contributed by atoms with E-state index in [-0.39, 0.29) is 0 Å². The molecule has 0 spiro atoms. The van der Waals surface area contributed by atoms with Crippen molar-refractivity contribution >= 4 is 11.3 Å². The first-order chi connectivity index (χ1) is 7.77. The largest absolute Gasteiger partial charge is 0.374 e. The maximum atomic E-state index is 5.49. The number of thiazole rings is 1. The molecule has 1 aromatic heterocycles. The molecule has 16 heavy (non-hydrogen) atoms. The zero-order valence-corrected chi connectivity index (χ0v) is 11.3. The van der Waals surface area contributed by atoms with Crippen LogP contribution >= 0.6 is 11.3 Å². The minimum absolute atomic E-state index is 0.660. The summed E-state index contributed by atoms with van der Waals surface area (Å²) >= 11 is 1.76. The molecule has 0 amide bonds. The van der Waals surface area contributed by atoms with E-state index in [9.17, 15) is 0 Å². The average Bonchev–Trinajstić information content (AvgIpc) is 2.61. The first-order valence-corrected chi connectivity index (χ1v) is 6.83. The Hall–Kier alpha value is -0.450. The standard InChI is InChI=1S/C12H22N2OS/c1-4-6-13-8-11-10(3)14-12(16-11)9-15-7-5-2/h13H,4-9H2,1-3H3. The summed E-state index contributed by atoms with van der Waals surface area (Å²) in [6, 6.07) is 0. The number of nitrogens with one attached hydrogen (secondary N) is 1. The molecule has 0 unspecified atom stereocenters. The maximum Gasteiger partial charge on any atom is 0.119 e. The highest BCUT2D eigenvalue weighted by Gasteiger charge is 2.06. The average molecular weight is 242 g/mol. The molecule has 0 aliphatic carbocycles. The van der Waals surface area contributed by atoms with Gasteiger partial charge in [-0.05, 0) is 26.3 Å². The van der Waals surface area contributed by atoms with Gasteiger partial charge >= 0.3 is 0 Å². The third kappa shape index (κ3) is 4.60. The fourth-order valence-corrected chi connectivity index (χ4v) is 2.37. The van der Waals surface area contributed by atoms with Gasteiger partial charge in [-0.2, -0.15) is 0 Å². The topological polar surface area (TPSA) is 34.1 Å². The van der Waals surface area contributed by atoms with Gasteiger partial charge in [0.2, 0.25) is 0 Å². The van der Waals surface area contributed by atoms with Crippen LogP contribution in [0.15, 0.2) is 0 Å². The van der Waals surface area contributed by atoms with Crippen molar-refractivity contribution in [3.63, 3.8) is 0 Å². The molecule has 0 aromatic carbocycles. The van der Waals surface area contributed by atoms with Crippen molar-refractivity contribution in [1.82, 2.24) is 10.3 Å². The fraction of sp³-hybridized carbons (Fsp3) is 0.750. The fourth-order valence-electron chi connectivity index (χ4n) is 1.40. The smallest absolute Gasteiger partial charge is 0.119 e. The molecule has 0 saturated heterocycles. The van der Waals surface area contributed by atoms with E-state index in [0.29, 0.717) is 6.61 Å². The Morgan fingerprint density at radius 2 is 2.12 bits per heavy atom. The number of ether oxygens (including phenoxy) is 1. The zero-order chi connectivity index (χ0) is 11.8. The van der Waals surface area contributed by atoms with Gasteiger partial charge in [-0.1, -0.05) is 13.8 Å². The molecule has 0 atom stereocenters. The molecule has 3 nitrogen and oxygen atoms in total. The van der Waals surface area contributed by atoms with Crippen LogP contribution in [0, 0.1) is 6.92 Å². The molecule has 0 saturated carbocycles. The SMILES string of the molecule is CCCNCc1sc(COCCC)nc1C. The monoisotopic (exact) mass is 242 g/mol. The van der Waals surface area contributed by atoms with Crippen LogP contribution in [0.2, 0.25) is 0 Å². The van der Waals surface area contributed by atoms with Gasteiger partial charge in [-0.15, -0.1) is 11.3 Å². The Balaban J connectivity index is 2.39. The summed E-state index contributed by atoms with van der Waals surface area (Å²) in [6.45, 7) is 9.85. The van der Waals surface area contributed by atoms with E-state index in [0.717, 1.165) is 36.8 Å². The van der Waals surface area contributed by atoms with Gasteiger partial charge in [0.15, 0.2) is 0 Å². The van der Waals surface area contributed by atoms with E-state index < -0.39 is 0 Å². The number of hydrogen-bond acceptors (Lipinski definition) is 4. The van der Waals surface area contributed by atoms with Gasteiger partial charge in [-0.3, -0.25) is 0 Å². The van der Waals surface area contributed by atoms with E-state index in [4.69, 9.17) is 4.74 Å². The molecular formula is C12H22N2OS. The lowest BCUT2D eigenvalue weighted by molar-refractivity contribution is 0.121. The van der Waals surface area contributed by atoms with Gasteiger partial charge < -0.3 is 10.1 Å². The van der Waals surface area contributed by atoms with Crippen LogP contribution in [-0.4, -0.2) is 18.1 Å². The summed E-state index contributed by atoms with van der Waals surface area (Å²) in [6.07, 6.45) is 2.24. The van der Waals surface area contributed by atoms with Gasteiger partial charge in [0.05, 0.1) is 12.3 Å². The lowest BCUT2D eigenvalue weighted by Gasteiger charge is -2.00. The number of rotatable bonds is 8. The second-order valence-corrected chi connectivity index (χ2v) is 5.01. The normalized spacial score (nSPS) is 10.9. The highest BCUT2D eigenvalue weighted by Crippen LogP contribution is 2.18. The molecule has 0 bridgehead atoms. The molecule has 0 radical (unpaired) electrons. The van der Waals surface area contributed by atoms with Crippen molar-refractivity contribution in [2.45, 2.75) is 46.8 Å². The predicted molar refractivity (Wildman–Crippen MR) is 68.8 cm³/mol. The van der Waals surface area contributed by atoms with Gasteiger partial charge in [-0.25, -0.2) is 4.98 Å². The number of aromatic nitrogens is 1. The summed E-state index contributed by atoms with van der Waals surface area (Å²) in [4.78, 5) is 5.85. The van der Waals surface area contributed by atoms with E-state index in [1.807, 2.05) is 0 Å². The van der Waals surface area contributed by atoms with Crippen molar-refractivity contribution < 1.29 is 4.74 Å². The first kappa shape index (κ1) is 13.6. The molecule has 0 aliphatic heterocycles. The summed E-state index contributed by atoms with van der Waals surface area (Å²) in [5, 5.41) is 4.50. The van der Waals surface area contributed by atoms with E-state index >= 15 is 0 Å². The van der Waals surface area contributed by atoms with Gasteiger partial charge in [0.25, 0.3) is 0 Å². The van der Waals surface area contributed by atoms with Crippen LogP contribution in [0.4, 0.5) is 0 Å². The molecule has 0 aliphatic rings. The van der Waals surface area contributed by atoms with E-state index in [2.05, 4.69) is 31.1 Å². The summed E-state index contributed by atoms with van der Waals surface area (Å²) < 4.78 is 5.49. The Labute approximate surface area is 102 Å². The van der Waals surface area contributed by atoms with Crippen molar-refractivity contribution in [2.75, 3.05) is 13.2 Å². The van der Waals surface area contributed by atoms with Crippen LogP contribution in [0.25, 0.3) is 0 Å².